The van der Waals surface area contributed by atoms with E-state index in [1.807, 2.05) is 14.0 Å². The van der Waals surface area contributed by atoms with Crippen LogP contribution in [0.4, 0.5) is 8.78 Å². The van der Waals surface area contributed by atoms with Gasteiger partial charge in [0.05, 0.1) is 16.4 Å². The summed E-state index contributed by atoms with van der Waals surface area (Å²) >= 11 is 6.21. The maximum Gasteiger partial charge on any atom is 0.127 e. The maximum absolute atomic E-state index is 13.5. The zero-order valence-corrected chi connectivity index (χ0v) is 12.1. The van der Waals surface area contributed by atoms with Gasteiger partial charge in [-0.3, -0.25) is 4.68 Å². The standard InChI is InChI=1S/C14H16ClF2N3/c1-3-12-14(15)13(20(2)19-12)8-18-7-9-6-10(16)4-5-11(9)17/h4-6,18H,3,7-8H2,1-2H3. The van der Waals surface area contributed by atoms with Crippen LogP contribution in [0.25, 0.3) is 0 Å². The summed E-state index contributed by atoms with van der Waals surface area (Å²) in [6.07, 6.45) is 0.755. The van der Waals surface area contributed by atoms with E-state index in [9.17, 15) is 8.78 Å². The molecule has 1 aromatic carbocycles. The smallest absolute Gasteiger partial charge is 0.127 e. The van der Waals surface area contributed by atoms with Crippen LogP contribution in [0.1, 0.15) is 23.9 Å². The first-order valence-electron chi connectivity index (χ1n) is 6.37. The molecule has 0 saturated heterocycles. The van der Waals surface area contributed by atoms with Gasteiger partial charge in [-0.25, -0.2) is 8.78 Å². The van der Waals surface area contributed by atoms with Crippen molar-refractivity contribution in [3.63, 3.8) is 0 Å². The summed E-state index contributed by atoms with van der Waals surface area (Å²) in [5.74, 6) is -0.876. The highest BCUT2D eigenvalue weighted by Gasteiger charge is 2.12. The van der Waals surface area contributed by atoms with Gasteiger partial charge in [-0.2, -0.15) is 5.10 Å². The fourth-order valence-corrected chi connectivity index (χ4v) is 2.37. The van der Waals surface area contributed by atoms with Gasteiger partial charge in [0.15, 0.2) is 0 Å². The van der Waals surface area contributed by atoms with E-state index in [0.29, 0.717) is 17.1 Å². The molecular formula is C14H16ClF2N3. The highest BCUT2D eigenvalue weighted by atomic mass is 35.5. The van der Waals surface area contributed by atoms with Gasteiger partial charge in [0.2, 0.25) is 0 Å². The van der Waals surface area contributed by atoms with Gasteiger partial charge < -0.3 is 5.32 Å². The molecule has 0 fully saturated rings. The lowest BCUT2D eigenvalue weighted by Gasteiger charge is -2.07. The highest BCUT2D eigenvalue weighted by Crippen LogP contribution is 2.20. The second kappa shape index (κ2) is 6.33. The number of hydrogen-bond acceptors (Lipinski definition) is 2. The van der Waals surface area contributed by atoms with Gasteiger partial charge in [0.1, 0.15) is 11.6 Å². The molecule has 0 spiro atoms. The molecule has 0 unspecified atom stereocenters. The minimum atomic E-state index is -0.449. The van der Waals surface area contributed by atoms with Crippen molar-refractivity contribution in [2.45, 2.75) is 26.4 Å². The number of aryl methyl sites for hydroxylation is 2. The van der Waals surface area contributed by atoms with E-state index in [0.717, 1.165) is 29.9 Å². The van der Waals surface area contributed by atoms with Crippen LogP contribution in [0.5, 0.6) is 0 Å². The van der Waals surface area contributed by atoms with E-state index in [1.54, 1.807) is 4.68 Å². The van der Waals surface area contributed by atoms with Crippen LogP contribution >= 0.6 is 11.6 Å². The molecule has 0 aliphatic rings. The van der Waals surface area contributed by atoms with Crippen molar-refractivity contribution in [3.05, 3.63) is 51.8 Å². The molecule has 0 aliphatic carbocycles. The summed E-state index contributed by atoms with van der Waals surface area (Å²) < 4.78 is 28.2. The monoisotopic (exact) mass is 299 g/mol. The Morgan fingerprint density at radius 2 is 2.05 bits per heavy atom. The third-order valence-corrected chi connectivity index (χ3v) is 3.55. The predicted octanol–water partition coefficient (Wildman–Crippen LogP) is 3.20. The van der Waals surface area contributed by atoms with E-state index in [2.05, 4.69) is 10.4 Å². The number of rotatable bonds is 5. The fraction of sp³-hybridized carbons (Fsp3) is 0.357. The second-order valence-corrected chi connectivity index (χ2v) is 4.90. The molecule has 0 amide bonds. The normalized spacial score (nSPS) is 11.1. The molecule has 0 aliphatic heterocycles. The molecule has 0 saturated carbocycles. The van der Waals surface area contributed by atoms with E-state index >= 15 is 0 Å². The fourth-order valence-electron chi connectivity index (χ4n) is 2.01. The predicted molar refractivity (Wildman–Crippen MR) is 74.5 cm³/mol. The van der Waals surface area contributed by atoms with Gasteiger partial charge in [0, 0.05) is 25.7 Å². The second-order valence-electron chi connectivity index (χ2n) is 4.52. The van der Waals surface area contributed by atoms with Gasteiger partial charge in [-0.15, -0.1) is 0 Å². The van der Waals surface area contributed by atoms with Crippen LogP contribution < -0.4 is 5.32 Å². The third-order valence-electron chi connectivity index (χ3n) is 3.12. The summed E-state index contributed by atoms with van der Waals surface area (Å²) in [6, 6.07) is 3.41. The Morgan fingerprint density at radius 3 is 2.70 bits per heavy atom. The van der Waals surface area contributed by atoms with Crippen molar-refractivity contribution in [3.8, 4) is 0 Å². The number of hydrogen-bond donors (Lipinski definition) is 1. The molecule has 108 valence electrons. The van der Waals surface area contributed by atoms with Crippen LogP contribution in [0.2, 0.25) is 5.02 Å². The van der Waals surface area contributed by atoms with Crippen LogP contribution in [0.3, 0.4) is 0 Å². The Morgan fingerprint density at radius 1 is 1.30 bits per heavy atom. The molecule has 1 aromatic heterocycles. The average molecular weight is 300 g/mol. The molecule has 0 atom stereocenters. The van der Waals surface area contributed by atoms with E-state index in [4.69, 9.17) is 11.6 Å². The summed E-state index contributed by atoms with van der Waals surface area (Å²) in [5, 5.41) is 7.98. The van der Waals surface area contributed by atoms with Crippen molar-refractivity contribution < 1.29 is 8.78 Å². The van der Waals surface area contributed by atoms with Crippen molar-refractivity contribution in [2.24, 2.45) is 7.05 Å². The molecule has 6 heteroatoms. The Kier molecular flexibility index (Phi) is 4.73. The summed E-state index contributed by atoms with van der Waals surface area (Å²) in [6.45, 7) is 2.65. The number of nitrogens with one attached hydrogen (secondary N) is 1. The van der Waals surface area contributed by atoms with Crippen LogP contribution in [0.15, 0.2) is 18.2 Å². The molecule has 1 heterocycles. The van der Waals surface area contributed by atoms with E-state index in [-0.39, 0.29) is 6.54 Å². The Hall–Kier alpha value is -1.46. The van der Waals surface area contributed by atoms with Crippen LogP contribution in [-0.4, -0.2) is 9.78 Å². The van der Waals surface area contributed by atoms with Crippen LogP contribution in [0, 0.1) is 11.6 Å². The number of halogens is 3. The Labute approximate surface area is 121 Å². The first-order valence-corrected chi connectivity index (χ1v) is 6.75. The average Bonchev–Trinajstić information content (AvgIpc) is 2.69. The topological polar surface area (TPSA) is 29.9 Å². The molecule has 0 bridgehead atoms. The molecule has 3 nitrogen and oxygen atoms in total. The van der Waals surface area contributed by atoms with Crippen LogP contribution in [-0.2, 0) is 26.6 Å². The van der Waals surface area contributed by atoms with E-state index in [1.165, 1.54) is 6.07 Å². The lowest BCUT2D eigenvalue weighted by atomic mass is 10.2. The van der Waals surface area contributed by atoms with Gasteiger partial charge in [-0.1, -0.05) is 18.5 Å². The first-order chi connectivity index (χ1) is 9.52. The van der Waals surface area contributed by atoms with Crippen molar-refractivity contribution >= 4 is 11.6 Å². The summed E-state index contributed by atoms with van der Waals surface area (Å²) in [4.78, 5) is 0. The summed E-state index contributed by atoms with van der Waals surface area (Å²) in [7, 11) is 1.81. The zero-order valence-electron chi connectivity index (χ0n) is 11.4. The minimum absolute atomic E-state index is 0.229. The molecule has 0 radical (unpaired) electrons. The number of nitrogens with zero attached hydrogens (tertiary/aromatic N) is 2. The van der Waals surface area contributed by atoms with Crippen molar-refractivity contribution in [2.75, 3.05) is 0 Å². The van der Waals surface area contributed by atoms with Crippen molar-refractivity contribution in [1.82, 2.24) is 15.1 Å². The number of benzene rings is 1. The summed E-state index contributed by atoms with van der Waals surface area (Å²) in [5.41, 5.74) is 1.96. The molecule has 2 rings (SSSR count). The molecular weight excluding hydrogens is 284 g/mol. The first kappa shape index (κ1) is 14.9. The zero-order chi connectivity index (χ0) is 14.7. The molecule has 1 N–H and O–H groups in total. The van der Waals surface area contributed by atoms with Gasteiger partial charge in [-0.05, 0) is 24.6 Å². The Balaban J connectivity index is 2.03. The lowest BCUT2D eigenvalue weighted by Crippen LogP contribution is -2.16. The molecule has 2 aromatic rings. The largest absolute Gasteiger partial charge is 0.307 e. The number of aromatic nitrogens is 2. The minimum Gasteiger partial charge on any atom is -0.307 e. The lowest BCUT2D eigenvalue weighted by molar-refractivity contribution is 0.561. The maximum atomic E-state index is 13.5. The highest BCUT2D eigenvalue weighted by molar-refractivity contribution is 6.31. The molecule has 20 heavy (non-hydrogen) atoms. The van der Waals surface area contributed by atoms with Crippen molar-refractivity contribution in [1.29, 1.82) is 0 Å². The van der Waals surface area contributed by atoms with Gasteiger partial charge in [0.25, 0.3) is 0 Å². The Bertz CT molecular complexity index is 611. The van der Waals surface area contributed by atoms with Gasteiger partial charge >= 0.3 is 0 Å². The van der Waals surface area contributed by atoms with E-state index < -0.39 is 11.6 Å². The third kappa shape index (κ3) is 3.16. The SMILES string of the molecule is CCc1nn(C)c(CNCc2cc(F)ccc2F)c1Cl. The quantitative estimate of drug-likeness (QED) is 0.919.